The van der Waals surface area contributed by atoms with Crippen molar-refractivity contribution in [3.05, 3.63) is 65.7 Å². The van der Waals surface area contributed by atoms with E-state index in [0.717, 1.165) is 5.56 Å². The van der Waals surface area contributed by atoms with Gasteiger partial charge in [0.25, 0.3) is 0 Å². The minimum atomic E-state index is -4.68. The predicted molar refractivity (Wildman–Crippen MR) is 126 cm³/mol. The van der Waals surface area contributed by atoms with Gasteiger partial charge >= 0.3 is 7.60 Å². The first kappa shape index (κ1) is 26.7. The molecule has 2 rings (SSSR count). The standard InChI is InChI=1S/C23H32N3O6P/c1-15(2)21(24-3)23(29)26-22(28)19(13-16-7-5-4-6-8-16)25-20(33(30,31)32)14-17-9-11-18(27)12-10-17/h4-12,15,19-21,24-25,27H,13-14H2,1-3H3,(H,26,28,29)(H2,30,31,32)/t19-,20+,21-/m0/s1. The van der Waals surface area contributed by atoms with Crippen LogP contribution in [0.2, 0.25) is 0 Å². The molecular weight excluding hydrogens is 445 g/mol. The van der Waals surface area contributed by atoms with Gasteiger partial charge in [0.15, 0.2) is 0 Å². The van der Waals surface area contributed by atoms with Crippen molar-refractivity contribution in [1.82, 2.24) is 16.0 Å². The Morgan fingerprint density at radius 3 is 2.00 bits per heavy atom. The van der Waals surface area contributed by atoms with Crippen molar-refractivity contribution >= 4 is 19.4 Å². The Morgan fingerprint density at radius 2 is 1.48 bits per heavy atom. The smallest absolute Gasteiger partial charge is 0.342 e. The van der Waals surface area contributed by atoms with Crippen LogP contribution in [-0.4, -0.2) is 51.6 Å². The van der Waals surface area contributed by atoms with Crippen molar-refractivity contribution in [2.24, 2.45) is 5.92 Å². The lowest BCUT2D eigenvalue weighted by Crippen LogP contribution is -2.55. The summed E-state index contributed by atoms with van der Waals surface area (Å²) in [4.78, 5) is 45.6. The van der Waals surface area contributed by atoms with Crippen LogP contribution >= 0.6 is 7.60 Å². The van der Waals surface area contributed by atoms with E-state index in [1.165, 1.54) is 12.1 Å². The van der Waals surface area contributed by atoms with Gasteiger partial charge < -0.3 is 20.2 Å². The number of aromatic hydroxyl groups is 1. The summed E-state index contributed by atoms with van der Waals surface area (Å²) in [6.45, 7) is 3.68. The molecule has 0 unspecified atom stereocenters. The van der Waals surface area contributed by atoms with E-state index >= 15 is 0 Å². The predicted octanol–water partition coefficient (Wildman–Crippen LogP) is 1.53. The average molecular weight is 477 g/mol. The number of carbonyl (C=O) groups excluding carboxylic acids is 2. The Hall–Kier alpha value is -2.55. The van der Waals surface area contributed by atoms with Crippen molar-refractivity contribution < 1.29 is 29.0 Å². The normalized spacial score (nSPS) is 14.5. The van der Waals surface area contributed by atoms with Crippen LogP contribution in [0.3, 0.4) is 0 Å². The lowest BCUT2D eigenvalue weighted by molar-refractivity contribution is -0.133. The number of phenolic OH excluding ortho intramolecular Hbond substituents is 1. The summed E-state index contributed by atoms with van der Waals surface area (Å²) < 4.78 is 12.3. The molecule has 2 aromatic rings. The molecule has 0 spiro atoms. The second-order valence-electron chi connectivity index (χ2n) is 8.25. The van der Waals surface area contributed by atoms with Crippen molar-refractivity contribution in [1.29, 1.82) is 0 Å². The van der Waals surface area contributed by atoms with E-state index in [0.29, 0.717) is 5.56 Å². The SMILES string of the molecule is CN[C@H](C(=O)NC(=O)[C@H](Cc1ccccc1)N[C@@H](Cc1ccc(O)cc1)P(=O)(O)O)C(C)C. The van der Waals surface area contributed by atoms with Gasteiger partial charge in [-0.1, -0.05) is 56.3 Å². The summed E-state index contributed by atoms with van der Waals surface area (Å²) in [5.41, 5.74) is 1.33. The highest BCUT2D eigenvalue weighted by molar-refractivity contribution is 7.52. The van der Waals surface area contributed by atoms with Crippen LogP contribution < -0.4 is 16.0 Å². The Balaban J connectivity index is 2.28. The number of likely N-dealkylation sites (N-methyl/N-ethyl adjacent to an activating group) is 1. The maximum atomic E-state index is 13.1. The lowest BCUT2D eigenvalue weighted by atomic mass is 10.0. The third-order valence-electron chi connectivity index (χ3n) is 5.27. The number of imide groups is 1. The Kier molecular flexibility index (Phi) is 9.76. The van der Waals surface area contributed by atoms with Crippen molar-refractivity contribution in [3.63, 3.8) is 0 Å². The van der Waals surface area contributed by atoms with E-state index in [1.807, 2.05) is 19.9 Å². The summed E-state index contributed by atoms with van der Waals surface area (Å²) in [7, 11) is -3.06. The summed E-state index contributed by atoms with van der Waals surface area (Å²) in [5.74, 6) is -2.59. The third kappa shape index (κ3) is 8.38. The second kappa shape index (κ2) is 12.1. The quantitative estimate of drug-likeness (QED) is 0.267. The highest BCUT2D eigenvalue weighted by Crippen LogP contribution is 2.41. The molecule has 0 saturated carbocycles. The monoisotopic (exact) mass is 477 g/mol. The summed E-state index contributed by atoms with van der Waals surface area (Å²) in [6, 6.07) is 13.3. The first-order valence-electron chi connectivity index (χ1n) is 10.7. The van der Waals surface area contributed by atoms with E-state index < -0.39 is 37.3 Å². The third-order valence-corrected chi connectivity index (χ3v) is 6.41. The number of phenols is 1. The second-order valence-corrected chi connectivity index (χ2v) is 10.0. The number of hydrogen-bond acceptors (Lipinski definition) is 6. The molecule has 0 aliphatic heterocycles. The van der Waals surface area contributed by atoms with Crippen LogP contribution in [0.5, 0.6) is 5.75 Å². The van der Waals surface area contributed by atoms with Gasteiger partial charge in [-0.2, -0.15) is 0 Å². The van der Waals surface area contributed by atoms with Gasteiger partial charge in [-0.15, -0.1) is 0 Å². The molecule has 0 aromatic heterocycles. The maximum absolute atomic E-state index is 13.1. The van der Waals surface area contributed by atoms with Gasteiger partial charge in [0, 0.05) is 0 Å². The molecule has 0 bridgehead atoms. The van der Waals surface area contributed by atoms with E-state index in [9.17, 15) is 29.0 Å². The van der Waals surface area contributed by atoms with Crippen LogP contribution in [-0.2, 0) is 27.0 Å². The van der Waals surface area contributed by atoms with Gasteiger partial charge in [-0.05, 0) is 49.1 Å². The fourth-order valence-electron chi connectivity index (χ4n) is 3.49. The van der Waals surface area contributed by atoms with Gasteiger partial charge in [0.1, 0.15) is 11.5 Å². The fourth-order valence-corrected chi connectivity index (χ4v) is 4.32. The van der Waals surface area contributed by atoms with Gasteiger partial charge in [-0.3, -0.25) is 24.8 Å². The summed E-state index contributed by atoms with van der Waals surface area (Å²) in [6.07, 6.45) is 0.0418. The molecule has 0 aliphatic rings. The Bertz CT molecular complexity index is 962. The minimum absolute atomic E-state index is 0.0310. The largest absolute Gasteiger partial charge is 0.508 e. The topological polar surface area (TPSA) is 148 Å². The zero-order chi connectivity index (χ0) is 24.6. The molecule has 33 heavy (non-hydrogen) atoms. The average Bonchev–Trinajstić information content (AvgIpc) is 2.74. The maximum Gasteiger partial charge on any atom is 0.342 e. The van der Waals surface area contributed by atoms with Gasteiger partial charge in [0.05, 0.1) is 12.1 Å². The van der Waals surface area contributed by atoms with Crippen LogP contribution in [0.25, 0.3) is 0 Å². The lowest BCUT2D eigenvalue weighted by Gasteiger charge is -2.27. The zero-order valence-corrected chi connectivity index (χ0v) is 19.8. The van der Waals surface area contributed by atoms with E-state index in [2.05, 4.69) is 16.0 Å². The zero-order valence-electron chi connectivity index (χ0n) is 18.9. The van der Waals surface area contributed by atoms with E-state index in [4.69, 9.17) is 0 Å². The highest BCUT2D eigenvalue weighted by atomic mass is 31.2. The number of nitrogens with one attached hydrogen (secondary N) is 3. The Morgan fingerprint density at radius 1 is 0.909 bits per heavy atom. The number of benzene rings is 2. The van der Waals surface area contributed by atoms with E-state index in [1.54, 1.807) is 43.4 Å². The molecular formula is C23H32N3O6P. The molecule has 0 aliphatic carbocycles. The van der Waals surface area contributed by atoms with Crippen LogP contribution in [0, 0.1) is 5.92 Å². The summed E-state index contributed by atoms with van der Waals surface area (Å²) in [5, 5.41) is 17.5. The first-order valence-corrected chi connectivity index (χ1v) is 12.3. The molecule has 180 valence electrons. The molecule has 2 aromatic carbocycles. The van der Waals surface area contributed by atoms with Gasteiger partial charge in [-0.25, -0.2) is 0 Å². The molecule has 0 radical (unpaired) electrons. The van der Waals surface area contributed by atoms with Crippen molar-refractivity contribution in [3.8, 4) is 5.75 Å². The Labute approximate surface area is 193 Å². The molecule has 9 nitrogen and oxygen atoms in total. The van der Waals surface area contributed by atoms with Crippen LogP contribution in [0.1, 0.15) is 25.0 Å². The molecule has 2 amide bonds. The van der Waals surface area contributed by atoms with Crippen molar-refractivity contribution in [2.75, 3.05) is 7.05 Å². The highest BCUT2D eigenvalue weighted by Gasteiger charge is 2.34. The fraction of sp³-hybridized carbons (Fsp3) is 0.391. The molecule has 0 fully saturated rings. The van der Waals surface area contributed by atoms with Crippen molar-refractivity contribution in [2.45, 2.75) is 44.6 Å². The van der Waals surface area contributed by atoms with Gasteiger partial charge in [0.2, 0.25) is 11.8 Å². The number of amides is 2. The number of carbonyl (C=O) groups is 2. The molecule has 0 saturated heterocycles. The molecule has 6 N–H and O–H groups in total. The first-order chi connectivity index (χ1) is 15.5. The van der Waals surface area contributed by atoms with E-state index in [-0.39, 0.29) is 24.5 Å². The molecule has 0 heterocycles. The molecule has 10 heteroatoms. The summed E-state index contributed by atoms with van der Waals surface area (Å²) >= 11 is 0. The molecule has 3 atom stereocenters. The van der Waals surface area contributed by atoms with Crippen LogP contribution in [0.15, 0.2) is 54.6 Å². The van der Waals surface area contributed by atoms with Crippen LogP contribution in [0.4, 0.5) is 0 Å². The number of rotatable bonds is 11. The number of hydrogen-bond donors (Lipinski definition) is 6. The minimum Gasteiger partial charge on any atom is -0.508 e.